The molecule has 0 fully saturated rings. The van der Waals surface area contributed by atoms with Crippen LogP contribution in [0, 0.1) is 0 Å². The molecule has 0 radical (unpaired) electrons. The minimum Gasteiger partial charge on any atom is -0.484 e. The van der Waals surface area contributed by atoms with E-state index in [0.717, 1.165) is 25.8 Å². The molecule has 0 aliphatic carbocycles. The standard InChI is InChI=1S/C24H21F2N5O5/c25-24(26)35-20-9-6-17(13-21(20)36-24)28-23(32)19-14-34-22(29-19)15-33-18-7-4-16(5-8-18)3-1-2-11-31-12-10-27-30-31/h4-10,12-14H,1-3,11,15H2,(H,28,32). The third-order valence-corrected chi connectivity index (χ3v) is 5.30. The van der Waals surface area contributed by atoms with E-state index in [1.54, 1.807) is 6.20 Å². The fourth-order valence-corrected chi connectivity index (χ4v) is 3.56. The van der Waals surface area contributed by atoms with Gasteiger partial charge in [-0.3, -0.25) is 9.48 Å². The van der Waals surface area contributed by atoms with Gasteiger partial charge in [0.15, 0.2) is 23.8 Å². The summed E-state index contributed by atoms with van der Waals surface area (Å²) < 4.78 is 47.8. The highest BCUT2D eigenvalue weighted by Gasteiger charge is 2.43. The van der Waals surface area contributed by atoms with Crippen molar-refractivity contribution in [2.45, 2.75) is 38.7 Å². The lowest BCUT2D eigenvalue weighted by Crippen LogP contribution is -2.25. The number of ether oxygens (including phenoxy) is 3. The molecule has 0 saturated heterocycles. The van der Waals surface area contributed by atoms with Crippen LogP contribution in [0.4, 0.5) is 14.5 Å². The predicted octanol–water partition coefficient (Wildman–Crippen LogP) is 4.44. The van der Waals surface area contributed by atoms with Crippen LogP contribution in [0.15, 0.2) is 65.5 Å². The van der Waals surface area contributed by atoms with Gasteiger partial charge in [0.1, 0.15) is 12.0 Å². The molecule has 4 aromatic rings. The smallest absolute Gasteiger partial charge is 0.484 e. The molecule has 10 nitrogen and oxygen atoms in total. The number of carbonyl (C=O) groups is 1. The zero-order valence-electron chi connectivity index (χ0n) is 18.9. The van der Waals surface area contributed by atoms with Crippen molar-refractivity contribution in [1.29, 1.82) is 0 Å². The molecule has 1 amide bonds. The Labute approximate surface area is 203 Å². The number of rotatable bonds is 10. The maximum Gasteiger partial charge on any atom is 0.586 e. The molecular formula is C24H21F2N5O5. The molecule has 1 aliphatic rings. The Kier molecular flexibility index (Phi) is 6.48. The summed E-state index contributed by atoms with van der Waals surface area (Å²) in [6, 6.07) is 11.7. The van der Waals surface area contributed by atoms with Crippen molar-refractivity contribution >= 4 is 11.6 Å². The average Bonchev–Trinajstić information content (AvgIpc) is 3.60. The molecule has 0 unspecified atom stereocenters. The van der Waals surface area contributed by atoms with Gasteiger partial charge in [0.25, 0.3) is 5.91 Å². The zero-order valence-corrected chi connectivity index (χ0v) is 18.9. The van der Waals surface area contributed by atoms with Crippen LogP contribution in [0.1, 0.15) is 34.8 Å². The highest BCUT2D eigenvalue weighted by Crippen LogP contribution is 2.42. The van der Waals surface area contributed by atoms with Crippen LogP contribution in [0.2, 0.25) is 0 Å². The van der Waals surface area contributed by atoms with Gasteiger partial charge < -0.3 is 23.9 Å². The maximum atomic E-state index is 13.2. The van der Waals surface area contributed by atoms with E-state index in [9.17, 15) is 13.6 Å². The summed E-state index contributed by atoms with van der Waals surface area (Å²) in [5.41, 5.74) is 1.44. The molecule has 5 rings (SSSR count). The van der Waals surface area contributed by atoms with Gasteiger partial charge in [-0.15, -0.1) is 13.9 Å². The number of anilines is 1. The van der Waals surface area contributed by atoms with Crippen LogP contribution in [0.3, 0.4) is 0 Å². The van der Waals surface area contributed by atoms with E-state index in [-0.39, 0.29) is 35.4 Å². The van der Waals surface area contributed by atoms with Gasteiger partial charge in [-0.25, -0.2) is 4.98 Å². The molecule has 2 aromatic carbocycles. The second-order valence-corrected chi connectivity index (χ2v) is 7.97. The molecule has 12 heteroatoms. The molecule has 1 aliphatic heterocycles. The third kappa shape index (κ3) is 5.77. The fourth-order valence-electron chi connectivity index (χ4n) is 3.56. The SMILES string of the molecule is O=C(Nc1ccc2c(c1)OC(F)(F)O2)c1coc(COc2ccc(CCCCn3ccnn3)cc2)n1. The Bertz CT molecular complexity index is 1330. The Morgan fingerprint density at radius 1 is 1.08 bits per heavy atom. The number of nitrogens with one attached hydrogen (secondary N) is 1. The zero-order chi connectivity index (χ0) is 25.0. The van der Waals surface area contributed by atoms with Gasteiger partial charge >= 0.3 is 6.29 Å². The van der Waals surface area contributed by atoms with Crippen LogP contribution in [0.25, 0.3) is 0 Å². The second kappa shape index (κ2) is 10.0. The van der Waals surface area contributed by atoms with E-state index in [1.807, 2.05) is 35.1 Å². The highest BCUT2D eigenvalue weighted by molar-refractivity contribution is 6.02. The number of oxazole rings is 1. The summed E-state index contributed by atoms with van der Waals surface area (Å²) >= 11 is 0. The lowest BCUT2D eigenvalue weighted by molar-refractivity contribution is -0.286. The molecule has 186 valence electrons. The molecule has 0 bridgehead atoms. The topological polar surface area (TPSA) is 114 Å². The number of amides is 1. The predicted molar refractivity (Wildman–Crippen MR) is 121 cm³/mol. The molecule has 3 heterocycles. The van der Waals surface area contributed by atoms with Crippen molar-refractivity contribution in [1.82, 2.24) is 20.0 Å². The van der Waals surface area contributed by atoms with E-state index in [1.165, 1.54) is 30.0 Å². The number of hydrogen-bond donors (Lipinski definition) is 1. The van der Waals surface area contributed by atoms with Crippen LogP contribution >= 0.6 is 0 Å². The number of aromatic nitrogens is 4. The first-order chi connectivity index (χ1) is 17.4. The van der Waals surface area contributed by atoms with Crippen LogP contribution < -0.4 is 19.5 Å². The molecule has 0 spiro atoms. The molecular weight excluding hydrogens is 476 g/mol. The average molecular weight is 497 g/mol. The summed E-state index contributed by atoms with van der Waals surface area (Å²) in [4.78, 5) is 16.6. The van der Waals surface area contributed by atoms with E-state index < -0.39 is 12.2 Å². The van der Waals surface area contributed by atoms with Crippen molar-refractivity contribution in [3.63, 3.8) is 0 Å². The van der Waals surface area contributed by atoms with E-state index >= 15 is 0 Å². The van der Waals surface area contributed by atoms with Crippen molar-refractivity contribution in [2.75, 3.05) is 5.32 Å². The Morgan fingerprint density at radius 3 is 2.72 bits per heavy atom. The summed E-state index contributed by atoms with van der Waals surface area (Å²) in [5.74, 6) is -0.0194. The number of fused-ring (bicyclic) bond motifs is 1. The van der Waals surface area contributed by atoms with Gasteiger partial charge in [-0.2, -0.15) is 0 Å². The number of halogens is 2. The quantitative estimate of drug-likeness (QED) is 0.320. The van der Waals surface area contributed by atoms with Crippen molar-refractivity contribution in [2.24, 2.45) is 0 Å². The number of nitrogens with zero attached hydrogens (tertiary/aromatic N) is 4. The van der Waals surface area contributed by atoms with E-state index in [0.29, 0.717) is 5.75 Å². The largest absolute Gasteiger partial charge is 0.586 e. The van der Waals surface area contributed by atoms with Gasteiger partial charge in [-0.1, -0.05) is 17.3 Å². The van der Waals surface area contributed by atoms with E-state index in [4.69, 9.17) is 9.15 Å². The second-order valence-electron chi connectivity index (χ2n) is 7.97. The van der Waals surface area contributed by atoms with E-state index in [2.05, 4.69) is 30.1 Å². The number of aryl methyl sites for hydroxylation is 2. The van der Waals surface area contributed by atoms with Crippen molar-refractivity contribution < 1.29 is 32.2 Å². The summed E-state index contributed by atoms with van der Waals surface area (Å²) in [5, 5.41) is 10.3. The molecule has 2 aromatic heterocycles. The van der Waals surface area contributed by atoms with Crippen LogP contribution in [0.5, 0.6) is 17.2 Å². The van der Waals surface area contributed by atoms with Gasteiger partial charge in [-0.05, 0) is 49.1 Å². The first-order valence-corrected chi connectivity index (χ1v) is 11.1. The maximum absolute atomic E-state index is 13.2. The third-order valence-electron chi connectivity index (χ3n) is 5.30. The Balaban J connectivity index is 1.08. The fraction of sp³-hybridized carbons (Fsp3) is 0.250. The summed E-state index contributed by atoms with van der Waals surface area (Å²) in [6.45, 7) is 0.872. The molecule has 36 heavy (non-hydrogen) atoms. The molecule has 1 N–H and O–H groups in total. The first-order valence-electron chi connectivity index (χ1n) is 11.1. The number of hydrogen-bond acceptors (Lipinski definition) is 8. The molecule has 0 atom stereocenters. The molecule has 0 saturated carbocycles. The number of benzene rings is 2. The minimum atomic E-state index is -3.73. The lowest BCUT2D eigenvalue weighted by Gasteiger charge is -2.06. The Morgan fingerprint density at radius 2 is 1.92 bits per heavy atom. The number of alkyl halides is 2. The first kappa shape index (κ1) is 23.3. The highest BCUT2D eigenvalue weighted by atomic mass is 19.3. The Hall–Kier alpha value is -4.48. The van der Waals surface area contributed by atoms with Crippen LogP contribution in [-0.2, 0) is 19.6 Å². The van der Waals surface area contributed by atoms with Gasteiger partial charge in [0.05, 0.1) is 6.20 Å². The van der Waals surface area contributed by atoms with Crippen molar-refractivity contribution in [3.05, 3.63) is 78.3 Å². The summed E-state index contributed by atoms with van der Waals surface area (Å²) in [6.07, 6.45) is 3.95. The van der Waals surface area contributed by atoms with Crippen LogP contribution in [-0.4, -0.2) is 32.2 Å². The van der Waals surface area contributed by atoms with Crippen molar-refractivity contribution in [3.8, 4) is 17.2 Å². The summed E-state index contributed by atoms with van der Waals surface area (Å²) in [7, 11) is 0. The normalized spacial score (nSPS) is 13.5. The van der Waals surface area contributed by atoms with Gasteiger partial charge in [0.2, 0.25) is 5.89 Å². The number of unbranched alkanes of at least 4 members (excludes halogenated alkanes) is 1. The number of carbonyl (C=O) groups excluding carboxylic acids is 1. The minimum absolute atomic E-state index is 0.0119. The van der Waals surface area contributed by atoms with Gasteiger partial charge in [0, 0.05) is 24.5 Å². The monoisotopic (exact) mass is 497 g/mol. The lowest BCUT2D eigenvalue weighted by atomic mass is 10.1.